The molecule has 0 saturated heterocycles. The summed E-state index contributed by atoms with van der Waals surface area (Å²) in [7, 11) is 0. The van der Waals surface area contributed by atoms with Crippen LogP contribution in [0.25, 0.3) is 0 Å². The van der Waals surface area contributed by atoms with Gasteiger partial charge in [-0.2, -0.15) is 0 Å². The molecule has 0 bridgehead atoms. The molecular weight excluding hydrogens is 359 g/mol. The number of halogens is 3. The van der Waals surface area contributed by atoms with Crippen molar-refractivity contribution in [2.24, 2.45) is 5.84 Å². The SMILES string of the molecule is Cc1cccc(C(Cc2ccc(Cl)cc2Cl)NN)c1Br. The van der Waals surface area contributed by atoms with E-state index in [1.807, 2.05) is 24.3 Å². The highest BCUT2D eigenvalue weighted by atomic mass is 79.9. The quantitative estimate of drug-likeness (QED) is 0.596. The van der Waals surface area contributed by atoms with Crippen molar-refractivity contribution in [1.29, 1.82) is 0 Å². The molecule has 3 N–H and O–H groups in total. The van der Waals surface area contributed by atoms with Gasteiger partial charge in [-0.25, -0.2) is 0 Å². The average molecular weight is 374 g/mol. The fraction of sp³-hybridized carbons (Fsp3) is 0.200. The largest absolute Gasteiger partial charge is 0.271 e. The first-order chi connectivity index (χ1) is 9.52. The third-order valence-corrected chi connectivity index (χ3v) is 4.91. The van der Waals surface area contributed by atoms with Gasteiger partial charge in [0.2, 0.25) is 0 Å². The molecule has 1 unspecified atom stereocenters. The molecule has 2 aromatic rings. The minimum absolute atomic E-state index is 0.0250. The Morgan fingerprint density at radius 1 is 1.25 bits per heavy atom. The van der Waals surface area contributed by atoms with Gasteiger partial charge in [0.05, 0.1) is 6.04 Å². The third kappa shape index (κ3) is 3.54. The van der Waals surface area contributed by atoms with Gasteiger partial charge in [-0.15, -0.1) is 0 Å². The summed E-state index contributed by atoms with van der Waals surface area (Å²) in [4.78, 5) is 0. The predicted molar refractivity (Wildman–Crippen MR) is 89.1 cm³/mol. The smallest absolute Gasteiger partial charge is 0.0512 e. The summed E-state index contributed by atoms with van der Waals surface area (Å²) in [6.07, 6.45) is 0.689. The van der Waals surface area contributed by atoms with E-state index < -0.39 is 0 Å². The van der Waals surface area contributed by atoms with Crippen molar-refractivity contribution in [3.8, 4) is 0 Å². The number of aryl methyl sites for hydroxylation is 1. The summed E-state index contributed by atoms with van der Waals surface area (Å²) < 4.78 is 1.06. The lowest BCUT2D eigenvalue weighted by atomic mass is 9.98. The molecule has 2 aromatic carbocycles. The normalized spacial score (nSPS) is 12.4. The van der Waals surface area contributed by atoms with E-state index in [2.05, 4.69) is 34.3 Å². The molecule has 0 heterocycles. The Labute approximate surface area is 137 Å². The van der Waals surface area contributed by atoms with E-state index in [-0.39, 0.29) is 6.04 Å². The molecule has 0 fully saturated rings. The minimum atomic E-state index is -0.0250. The van der Waals surface area contributed by atoms with Crippen LogP contribution in [0.1, 0.15) is 22.7 Å². The Kier molecular flexibility index (Phi) is 5.47. The topological polar surface area (TPSA) is 38.0 Å². The molecular formula is C15H15BrCl2N2. The zero-order chi connectivity index (χ0) is 14.7. The summed E-state index contributed by atoms with van der Waals surface area (Å²) in [5.74, 6) is 5.71. The van der Waals surface area contributed by atoms with E-state index in [1.54, 1.807) is 6.07 Å². The van der Waals surface area contributed by atoms with Crippen LogP contribution in [-0.4, -0.2) is 0 Å². The summed E-state index contributed by atoms with van der Waals surface area (Å²) in [6.45, 7) is 2.05. The summed E-state index contributed by atoms with van der Waals surface area (Å²) in [5, 5.41) is 1.29. The molecule has 0 spiro atoms. The van der Waals surface area contributed by atoms with Crippen LogP contribution < -0.4 is 11.3 Å². The van der Waals surface area contributed by atoms with Gasteiger partial charge in [-0.05, 0) is 42.2 Å². The van der Waals surface area contributed by atoms with Crippen molar-refractivity contribution in [2.45, 2.75) is 19.4 Å². The number of benzene rings is 2. The Morgan fingerprint density at radius 2 is 2.00 bits per heavy atom. The summed E-state index contributed by atoms with van der Waals surface area (Å²) >= 11 is 15.8. The molecule has 0 saturated carbocycles. The monoisotopic (exact) mass is 372 g/mol. The number of hydrogen-bond acceptors (Lipinski definition) is 2. The first kappa shape index (κ1) is 15.8. The van der Waals surface area contributed by atoms with Crippen molar-refractivity contribution in [3.63, 3.8) is 0 Å². The fourth-order valence-electron chi connectivity index (χ4n) is 2.11. The van der Waals surface area contributed by atoms with Crippen LogP contribution in [0.15, 0.2) is 40.9 Å². The van der Waals surface area contributed by atoms with Gasteiger partial charge in [-0.1, -0.05) is 63.4 Å². The Morgan fingerprint density at radius 3 is 2.65 bits per heavy atom. The molecule has 20 heavy (non-hydrogen) atoms. The second-order valence-corrected chi connectivity index (χ2v) is 6.27. The van der Waals surface area contributed by atoms with Gasteiger partial charge in [0, 0.05) is 14.5 Å². The summed E-state index contributed by atoms with van der Waals surface area (Å²) in [6, 6.07) is 11.6. The van der Waals surface area contributed by atoms with Crippen molar-refractivity contribution in [1.82, 2.24) is 5.43 Å². The number of nitrogens with two attached hydrogens (primary N) is 1. The van der Waals surface area contributed by atoms with Crippen LogP contribution in [0.4, 0.5) is 0 Å². The Balaban J connectivity index is 2.31. The maximum atomic E-state index is 6.22. The molecule has 0 radical (unpaired) electrons. The van der Waals surface area contributed by atoms with Crippen LogP contribution in [0.2, 0.25) is 10.0 Å². The zero-order valence-corrected chi connectivity index (χ0v) is 14.1. The fourth-order valence-corrected chi connectivity index (χ4v) is 3.13. The van der Waals surface area contributed by atoms with E-state index >= 15 is 0 Å². The van der Waals surface area contributed by atoms with Gasteiger partial charge in [-0.3, -0.25) is 11.3 Å². The van der Waals surface area contributed by atoms with Gasteiger partial charge < -0.3 is 0 Å². The first-order valence-electron chi connectivity index (χ1n) is 6.18. The molecule has 5 heteroatoms. The highest BCUT2D eigenvalue weighted by Gasteiger charge is 2.16. The lowest BCUT2D eigenvalue weighted by molar-refractivity contribution is 0.549. The molecule has 2 rings (SSSR count). The van der Waals surface area contributed by atoms with E-state index in [9.17, 15) is 0 Å². The van der Waals surface area contributed by atoms with Gasteiger partial charge in [0.1, 0.15) is 0 Å². The second-order valence-electron chi connectivity index (χ2n) is 4.64. The van der Waals surface area contributed by atoms with Gasteiger partial charge >= 0.3 is 0 Å². The molecule has 0 aromatic heterocycles. The van der Waals surface area contributed by atoms with Crippen LogP contribution >= 0.6 is 39.1 Å². The standard InChI is InChI=1S/C15H15BrCl2N2/c1-9-3-2-4-12(15(9)16)14(20-19)7-10-5-6-11(17)8-13(10)18/h2-6,8,14,20H,7,19H2,1H3. The average Bonchev–Trinajstić information content (AvgIpc) is 2.42. The lowest BCUT2D eigenvalue weighted by Crippen LogP contribution is -2.30. The highest BCUT2D eigenvalue weighted by Crippen LogP contribution is 2.30. The van der Waals surface area contributed by atoms with E-state index in [1.165, 1.54) is 5.56 Å². The number of hydrazine groups is 1. The van der Waals surface area contributed by atoms with E-state index in [0.29, 0.717) is 16.5 Å². The first-order valence-corrected chi connectivity index (χ1v) is 7.73. The maximum Gasteiger partial charge on any atom is 0.0512 e. The van der Waals surface area contributed by atoms with Crippen LogP contribution in [0.3, 0.4) is 0 Å². The molecule has 2 nitrogen and oxygen atoms in total. The predicted octanol–water partition coefficient (Wildman–Crippen LogP) is 4.81. The van der Waals surface area contributed by atoms with E-state index in [4.69, 9.17) is 29.0 Å². The Hall–Kier alpha value is -0.580. The van der Waals surface area contributed by atoms with Gasteiger partial charge in [0.25, 0.3) is 0 Å². The number of nitrogens with one attached hydrogen (secondary N) is 1. The van der Waals surface area contributed by atoms with Crippen LogP contribution in [0, 0.1) is 6.92 Å². The summed E-state index contributed by atoms with van der Waals surface area (Å²) in [5.41, 5.74) is 6.14. The third-order valence-electron chi connectivity index (χ3n) is 3.24. The second kappa shape index (κ2) is 6.92. The molecule has 1 atom stereocenters. The van der Waals surface area contributed by atoms with Crippen LogP contribution in [-0.2, 0) is 6.42 Å². The highest BCUT2D eigenvalue weighted by molar-refractivity contribution is 9.10. The van der Waals surface area contributed by atoms with Crippen LogP contribution in [0.5, 0.6) is 0 Å². The Bertz CT molecular complexity index is 617. The maximum absolute atomic E-state index is 6.22. The van der Waals surface area contributed by atoms with Crippen molar-refractivity contribution >= 4 is 39.1 Å². The molecule has 0 amide bonds. The van der Waals surface area contributed by atoms with Crippen molar-refractivity contribution in [2.75, 3.05) is 0 Å². The van der Waals surface area contributed by atoms with E-state index in [0.717, 1.165) is 15.6 Å². The molecule has 0 aliphatic carbocycles. The lowest BCUT2D eigenvalue weighted by Gasteiger charge is -2.19. The number of hydrogen-bond donors (Lipinski definition) is 2. The van der Waals surface area contributed by atoms with Crippen molar-refractivity contribution < 1.29 is 0 Å². The minimum Gasteiger partial charge on any atom is -0.271 e. The molecule has 0 aliphatic rings. The molecule has 0 aliphatic heterocycles. The molecule has 106 valence electrons. The zero-order valence-electron chi connectivity index (χ0n) is 11.0. The van der Waals surface area contributed by atoms with Gasteiger partial charge in [0.15, 0.2) is 0 Å². The van der Waals surface area contributed by atoms with Crippen molar-refractivity contribution in [3.05, 3.63) is 67.6 Å². The number of rotatable bonds is 4.